The Morgan fingerprint density at radius 2 is 1.75 bits per heavy atom. The van der Waals surface area contributed by atoms with Gasteiger partial charge >= 0.3 is 11.9 Å². The van der Waals surface area contributed by atoms with Crippen LogP contribution in [0.4, 0.5) is 11.4 Å². The molecular weight excluding hydrogens is 458 g/mol. The largest absolute Gasteiger partial charge is 0.473 e. The maximum Gasteiger partial charge on any atom is 0.414 e. The quantitative estimate of drug-likeness (QED) is 0.492. The predicted octanol–water partition coefficient (Wildman–Crippen LogP) is 2.94. The Bertz CT molecular complexity index is 1160. The van der Waals surface area contributed by atoms with Gasteiger partial charge in [-0.1, -0.05) is 36.3 Å². The molecule has 0 spiro atoms. The van der Waals surface area contributed by atoms with E-state index in [9.17, 15) is 4.79 Å². The molecule has 2 aliphatic heterocycles. The summed E-state index contributed by atoms with van der Waals surface area (Å²) in [5.74, 6) is -0.930. The smallest absolute Gasteiger partial charge is 0.414 e. The Labute approximate surface area is 211 Å². The topological polar surface area (TPSA) is 101 Å². The van der Waals surface area contributed by atoms with Gasteiger partial charge in [-0.3, -0.25) is 4.79 Å². The molecule has 0 saturated carbocycles. The zero-order valence-corrected chi connectivity index (χ0v) is 20.4. The number of carbonyl (C=O) groups excluding carboxylic acids is 1. The maximum absolute atomic E-state index is 12.1. The van der Waals surface area contributed by atoms with Gasteiger partial charge in [0.05, 0.1) is 6.54 Å². The monoisotopic (exact) mass is 489 g/mol. The summed E-state index contributed by atoms with van der Waals surface area (Å²) in [6, 6.07) is 15.1. The fourth-order valence-corrected chi connectivity index (χ4v) is 4.30. The van der Waals surface area contributed by atoms with Crippen molar-refractivity contribution in [3.63, 3.8) is 0 Å². The van der Waals surface area contributed by atoms with E-state index in [0.29, 0.717) is 13.0 Å². The molecule has 8 nitrogen and oxygen atoms in total. The molecule has 1 amide bonds. The van der Waals surface area contributed by atoms with Crippen LogP contribution in [-0.2, 0) is 27.2 Å². The number of fused-ring (bicyclic) bond motifs is 1. The van der Waals surface area contributed by atoms with Crippen molar-refractivity contribution in [1.82, 2.24) is 4.90 Å². The molecule has 1 fully saturated rings. The number of nitrogens with zero attached hydrogens (tertiary/aromatic N) is 3. The van der Waals surface area contributed by atoms with Gasteiger partial charge in [0.15, 0.2) is 0 Å². The van der Waals surface area contributed by atoms with Crippen LogP contribution in [0.1, 0.15) is 23.1 Å². The number of amides is 1. The van der Waals surface area contributed by atoms with E-state index in [4.69, 9.17) is 26.2 Å². The van der Waals surface area contributed by atoms with E-state index in [-0.39, 0.29) is 5.91 Å². The summed E-state index contributed by atoms with van der Waals surface area (Å²) in [7, 11) is 0. The normalized spacial score (nSPS) is 15.1. The average Bonchev–Trinajstić information content (AvgIpc) is 2.86. The maximum atomic E-state index is 12.1. The number of carbonyl (C=O) groups is 3. The van der Waals surface area contributed by atoms with Crippen LogP contribution in [0.25, 0.3) is 0 Å². The van der Waals surface area contributed by atoms with Crippen molar-refractivity contribution in [3.05, 3.63) is 71.4 Å². The predicted molar refractivity (Wildman–Crippen MR) is 139 cm³/mol. The van der Waals surface area contributed by atoms with E-state index < -0.39 is 11.9 Å². The van der Waals surface area contributed by atoms with Crippen LogP contribution < -0.4 is 9.80 Å². The van der Waals surface area contributed by atoms with E-state index in [1.54, 1.807) is 4.90 Å². The van der Waals surface area contributed by atoms with Crippen molar-refractivity contribution in [2.45, 2.75) is 26.2 Å². The van der Waals surface area contributed by atoms with E-state index >= 15 is 0 Å². The Balaban J connectivity index is 0.000000538. The Kier molecular flexibility index (Phi) is 9.12. The summed E-state index contributed by atoms with van der Waals surface area (Å²) in [5, 5.41) is 14.8. The summed E-state index contributed by atoms with van der Waals surface area (Å²) in [6.45, 7) is 6.67. The van der Waals surface area contributed by atoms with Gasteiger partial charge in [0.1, 0.15) is 0 Å². The van der Waals surface area contributed by atoms with Crippen molar-refractivity contribution >= 4 is 29.2 Å². The Morgan fingerprint density at radius 3 is 2.39 bits per heavy atom. The summed E-state index contributed by atoms with van der Waals surface area (Å²) < 4.78 is 0. The fourth-order valence-electron chi connectivity index (χ4n) is 4.30. The van der Waals surface area contributed by atoms with Gasteiger partial charge < -0.3 is 24.9 Å². The Morgan fingerprint density at radius 1 is 1.03 bits per heavy atom. The molecule has 8 heteroatoms. The molecule has 2 aromatic carbocycles. The number of benzene rings is 2. The van der Waals surface area contributed by atoms with Crippen LogP contribution in [-0.4, -0.2) is 65.7 Å². The number of aliphatic carboxylic acids is 2. The summed E-state index contributed by atoms with van der Waals surface area (Å²) >= 11 is 0. The first-order chi connectivity index (χ1) is 17.3. The van der Waals surface area contributed by atoms with E-state index in [1.807, 2.05) is 6.07 Å². The van der Waals surface area contributed by atoms with E-state index in [2.05, 4.69) is 71.3 Å². The lowest BCUT2D eigenvalue weighted by atomic mass is 9.97. The highest BCUT2D eigenvalue weighted by Crippen LogP contribution is 2.28. The number of hydrogen-bond acceptors (Lipinski definition) is 5. The number of aryl methyl sites for hydroxylation is 2. The lowest BCUT2D eigenvalue weighted by Crippen LogP contribution is -2.44. The van der Waals surface area contributed by atoms with Gasteiger partial charge in [-0.15, -0.1) is 6.42 Å². The molecule has 1 saturated heterocycles. The molecule has 36 heavy (non-hydrogen) atoms. The zero-order valence-electron chi connectivity index (χ0n) is 20.4. The molecule has 2 aromatic rings. The number of terminal acetylenes is 1. The first-order valence-electron chi connectivity index (χ1n) is 11.8. The minimum atomic E-state index is -1.82. The van der Waals surface area contributed by atoms with Crippen molar-refractivity contribution in [2.24, 2.45) is 0 Å². The van der Waals surface area contributed by atoms with Gasteiger partial charge in [0, 0.05) is 44.0 Å². The number of hydrogen-bond donors (Lipinski definition) is 2. The number of carboxylic acids is 2. The van der Waals surface area contributed by atoms with E-state index in [1.165, 1.54) is 22.4 Å². The van der Waals surface area contributed by atoms with Crippen molar-refractivity contribution < 1.29 is 24.6 Å². The zero-order chi connectivity index (χ0) is 26.1. The second-order valence-electron chi connectivity index (χ2n) is 8.71. The number of rotatable bonds is 5. The summed E-state index contributed by atoms with van der Waals surface area (Å²) in [4.78, 5) is 36.9. The standard InChI is InChI=1S/C26H29N3O.C2H2O4/c1-3-13-29-25-11-9-22(20-23(25)10-12-26(29)30)7-5-14-27-15-17-28(18-16-27)24-8-4-6-21(2)19-24;3-1(4)2(5)6/h1,4-6,8-9,11,14,19-20H,7,10,12-13,15-18H2,2H3;(H,3,4)(H,5,6)/b14-5+;. The van der Waals surface area contributed by atoms with Crippen LogP contribution in [0.15, 0.2) is 54.7 Å². The van der Waals surface area contributed by atoms with Crippen molar-refractivity contribution in [1.29, 1.82) is 0 Å². The first kappa shape index (κ1) is 26.4. The van der Waals surface area contributed by atoms with Gasteiger partial charge in [0.25, 0.3) is 0 Å². The summed E-state index contributed by atoms with van der Waals surface area (Å²) in [6.07, 6.45) is 12.2. The molecule has 0 bridgehead atoms. The van der Waals surface area contributed by atoms with Crippen LogP contribution in [0.5, 0.6) is 0 Å². The number of piperazine rings is 1. The number of anilines is 2. The van der Waals surface area contributed by atoms with Gasteiger partial charge in [-0.25, -0.2) is 9.59 Å². The third kappa shape index (κ3) is 7.12. The molecule has 188 valence electrons. The van der Waals surface area contributed by atoms with Gasteiger partial charge in [-0.05, 0) is 60.9 Å². The third-order valence-electron chi connectivity index (χ3n) is 6.13. The highest BCUT2D eigenvalue weighted by atomic mass is 16.4. The number of allylic oxidation sites excluding steroid dienone is 1. The molecule has 0 aliphatic carbocycles. The third-order valence-corrected chi connectivity index (χ3v) is 6.13. The van der Waals surface area contributed by atoms with Crippen LogP contribution in [0, 0.1) is 19.3 Å². The average molecular weight is 490 g/mol. The SMILES string of the molecule is C#CCN1C(=O)CCc2cc(C/C=C/N3CCN(c4cccc(C)c4)CC3)ccc21.O=C(O)C(=O)O. The molecule has 0 radical (unpaired) electrons. The van der Waals surface area contributed by atoms with Crippen LogP contribution in [0.3, 0.4) is 0 Å². The highest BCUT2D eigenvalue weighted by Gasteiger charge is 2.23. The lowest BCUT2D eigenvalue weighted by Gasteiger charge is -2.35. The minimum Gasteiger partial charge on any atom is -0.473 e. The van der Waals surface area contributed by atoms with Gasteiger partial charge in [0.2, 0.25) is 5.91 Å². The molecule has 0 unspecified atom stereocenters. The van der Waals surface area contributed by atoms with Gasteiger partial charge in [-0.2, -0.15) is 0 Å². The lowest BCUT2D eigenvalue weighted by molar-refractivity contribution is -0.159. The molecule has 2 N–H and O–H groups in total. The molecular formula is C28H31N3O5. The fraction of sp³-hybridized carbons (Fsp3) is 0.321. The first-order valence-corrected chi connectivity index (χ1v) is 11.8. The molecule has 2 heterocycles. The molecule has 0 atom stereocenters. The van der Waals surface area contributed by atoms with Crippen molar-refractivity contribution in [3.8, 4) is 12.3 Å². The van der Waals surface area contributed by atoms with E-state index in [0.717, 1.165) is 44.7 Å². The second kappa shape index (κ2) is 12.5. The minimum absolute atomic E-state index is 0.123. The molecule has 4 rings (SSSR count). The Hall–Kier alpha value is -4.25. The molecule has 0 aromatic heterocycles. The van der Waals surface area contributed by atoms with Crippen LogP contribution in [0.2, 0.25) is 0 Å². The van der Waals surface area contributed by atoms with Crippen LogP contribution >= 0.6 is 0 Å². The number of carboxylic acid groups (broad SMARTS) is 2. The summed E-state index contributed by atoms with van der Waals surface area (Å²) in [5.41, 5.74) is 6.11. The molecule has 2 aliphatic rings. The van der Waals surface area contributed by atoms with Crippen molar-refractivity contribution in [2.75, 3.05) is 42.5 Å². The highest BCUT2D eigenvalue weighted by molar-refractivity contribution is 6.27. The second-order valence-corrected chi connectivity index (χ2v) is 8.71.